The molecule has 17 nitrogen and oxygen atoms in total. The molecule has 0 spiro atoms. The average molecular weight is 1250 g/mol. The molecular formula is C74H74B2N4O13. The van der Waals surface area contributed by atoms with Crippen LogP contribution in [0, 0.1) is 0 Å². The number of rotatable bonds is 3. The Morgan fingerprint density at radius 1 is 0.495 bits per heavy atom. The molecule has 6 aliphatic carbocycles. The van der Waals surface area contributed by atoms with Crippen LogP contribution < -0.4 is 10.9 Å². The molecule has 2 fully saturated rings. The van der Waals surface area contributed by atoms with Gasteiger partial charge in [0.05, 0.1) is 28.1 Å². The van der Waals surface area contributed by atoms with Gasteiger partial charge in [-0.05, 0) is 160 Å². The van der Waals surface area contributed by atoms with Crippen molar-refractivity contribution < 1.29 is 64.6 Å². The number of carbonyl (C=O) groups excluding carboxylic acids is 2. The van der Waals surface area contributed by atoms with Crippen molar-refractivity contribution in [1.82, 2.24) is 15.0 Å². The molecule has 4 aromatic carbocycles. The van der Waals surface area contributed by atoms with E-state index in [1.807, 2.05) is 134 Å². The molecule has 0 amide bonds. The fourth-order valence-corrected chi connectivity index (χ4v) is 10.7. The van der Waals surface area contributed by atoms with Crippen LogP contribution in [-0.2, 0) is 23.4 Å². The van der Waals surface area contributed by atoms with Gasteiger partial charge in [-0.3, -0.25) is 30.6 Å². The lowest BCUT2D eigenvalue weighted by atomic mass is 9.79. The van der Waals surface area contributed by atoms with Gasteiger partial charge in [0.2, 0.25) is 5.78 Å². The number of aromatic amines is 3. The number of nitrogens with zero attached hydrogens (tertiary/aromatic N) is 1. The van der Waals surface area contributed by atoms with Gasteiger partial charge in [0, 0.05) is 57.2 Å². The Kier molecular flexibility index (Phi) is 21.1. The lowest BCUT2D eigenvalue weighted by Crippen LogP contribution is -2.41. The van der Waals surface area contributed by atoms with Gasteiger partial charge >= 0.3 is 14.2 Å². The molecule has 19 heteroatoms. The number of aliphatic imine (C=N–C) groups is 1. The predicted molar refractivity (Wildman–Crippen MR) is 369 cm³/mol. The van der Waals surface area contributed by atoms with Crippen LogP contribution in [-0.4, -0.2) is 105 Å². The predicted octanol–water partition coefficient (Wildman–Crippen LogP) is 15.1. The number of benzene rings is 4. The number of hydrogen-bond donors (Lipinski definition) is 10. The zero-order chi connectivity index (χ0) is 66.7. The quantitative estimate of drug-likeness (QED) is 0.0448. The first-order valence-electron chi connectivity index (χ1n) is 30.1. The van der Waals surface area contributed by atoms with Gasteiger partial charge in [0.1, 0.15) is 22.9 Å². The molecule has 16 rings (SSSR count). The van der Waals surface area contributed by atoms with Crippen molar-refractivity contribution in [1.29, 1.82) is 0 Å². The van der Waals surface area contributed by atoms with Gasteiger partial charge in [-0.15, -0.1) is 0 Å². The zero-order valence-corrected chi connectivity index (χ0v) is 52.8. The van der Waals surface area contributed by atoms with Crippen molar-refractivity contribution >= 4 is 80.8 Å². The van der Waals surface area contributed by atoms with E-state index in [0.29, 0.717) is 40.3 Å². The molecule has 0 radical (unpaired) electrons. The molecule has 0 saturated carbocycles. The smallest absolute Gasteiger partial charge is 0.497 e. The highest BCUT2D eigenvalue weighted by molar-refractivity contribution is 6.65. The standard InChI is InChI=1S/C16H19BO2.C16H10N2O2.C14H18BNO2.2C10H8O.C8H7NO.2H2O2/c1-15(2)16(3,4)19-17(18-15)14-10-12-8-6-5-7-9-13(12)11-14;19-15-9-5-1-3-7-11(9)17-13(15)14-16(20)10-6-2-4-8-12(10)18-14;1-13(2)14(3,4)18-15(17-13)11-9-16-12-8-6-5-7-10(11)12;2*11-10-6-8-4-2-1-3-5-9(8)7-10;10-8-5-9-7-4-2-1-3-6(7)8;2*1-2/h5-11H,1-4H3;1-8,17,19H;5-9,16H,1-4H3;1-6H,7H2;1-7,11H;1-5,9-10H;2*1-2H. The summed E-state index contributed by atoms with van der Waals surface area (Å²) in [7, 11) is -0.575. The number of allylic oxidation sites excluding steroid dienone is 8. The lowest BCUT2D eigenvalue weighted by molar-refractivity contribution is -0.176. The van der Waals surface area contributed by atoms with E-state index in [1.165, 1.54) is 11.1 Å². The molecule has 3 aliphatic heterocycles. The van der Waals surface area contributed by atoms with E-state index in [2.05, 4.69) is 124 Å². The maximum absolute atomic E-state index is 12.4. The molecule has 6 heterocycles. The lowest BCUT2D eigenvalue weighted by Gasteiger charge is -2.32. The number of fused-ring (bicyclic) bond motifs is 7. The Hall–Kier alpha value is -9.92. The highest BCUT2D eigenvalue weighted by atomic mass is 17.0. The van der Waals surface area contributed by atoms with Gasteiger partial charge in [-0.2, -0.15) is 0 Å². The normalized spacial score (nSPS) is 16.3. The zero-order valence-electron chi connectivity index (χ0n) is 52.8. The first kappa shape index (κ1) is 67.5. The van der Waals surface area contributed by atoms with Gasteiger partial charge in [-0.1, -0.05) is 158 Å². The maximum atomic E-state index is 12.4. The Morgan fingerprint density at radius 3 is 1.53 bits per heavy atom. The Labute approximate surface area is 539 Å². The monoisotopic (exact) mass is 1250 g/mol. The van der Waals surface area contributed by atoms with Gasteiger partial charge in [-0.25, -0.2) is 4.99 Å². The third kappa shape index (κ3) is 15.2. The molecule has 2 saturated heterocycles. The number of Topliss-reactive ketones (excluding diaryl/α,β-unsaturated/α-hetero) is 1. The summed E-state index contributed by atoms with van der Waals surface area (Å²) in [6.07, 6.45) is 15.7. The largest absolute Gasteiger partial charge is 0.508 e. The van der Waals surface area contributed by atoms with E-state index < -0.39 is 0 Å². The summed E-state index contributed by atoms with van der Waals surface area (Å²) >= 11 is 0. The molecule has 3 aromatic heterocycles. The van der Waals surface area contributed by atoms with E-state index in [9.17, 15) is 19.8 Å². The highest BCUT2D eigenvalue weighted by Crippen LogP contribution is 2.40. The van der Waals surface area contributed by atoms with Crippen LogP contribution in [0.2, 0.25) is 0 Å². The molecule has 0 unspecified atom stereocenters. The van der Waals surface area contributed by atoms with Crippen molar-refractivity contribution in [2.75, 3.05) is 0 Å². The maximum Gasteiger partial charge on any atom is 0.497 e. The summed E-state index contributed by atoms with van der Waals surface area (Å²) in [5.41, 5.74) is 12.5. The molecule has 7 aromatic rings. The number of nitrogens with one attached hydrogen (secondary N) is 3. The van der Waals surface area contributed by atoms with Gasteiger partial charge in [0.25, 0.3) is 0 Å². The number of hydrogen-bond acceptors (Lipinski definition) is 14. The number of para-hydroxylation sites is 4. The van der Waals surface area contributed by atoms with Crippen LogP contribution >= 0.6 is 0 Å². The molecule has 10 N–H and O–H groups in total. The van der Waals surface area contributed by atoms with Gasteiger partial charge < -0.3 is 48.9 Å². The first-order valence-corrected chi connectivity index (χ1v) is 30.1. The summed E-state index contributed by atoms with van der Waals surface area (Å²) in [5, 5.41) is 55.3. The minimum atomic E-state index is -0.300. The number of carbonyl (C=O) groups is 2. The number of ketones is 2. The molecule has 0 atom stereocenters. The number of aromatic nitrogens is 3. The third-order valence-electron chi connectivity index (χ3n) is 17.0. The summed E-state index contributed by atoms with van der Waals surface area (Å²) < 4.78 is 24.3. The summed E-state index contributed by atoms with van der Waals surface area (Å²) in [4.78, 5) is 36.9. The third-order valence-corrected chi connectivity index (χ3v) is 17.0. The van der Waals surface area contributed by atoms with Crippen molar-refractivity contribution in [2.45, 2.75) is 84.2 Å². The summed E-state index contributed by atoms with van der Waals surface area (Å²) in [6, 6.07) is 58.4. The Balaban J connectivity index is 0.000000133. The SMILES string of the molecule is CC1(C)OB(c2c[nH]c3ccccc23)OC1(C)C.CC1(C)OB(c2cc3cccccc-3c2)OC1(C)C.O=C1C(c2[nH]c3ccccc3c2O)=Nc2ccccc21.O=C1C=C2C=CC=CC=C2C1.OO.OO.Oc1c[nH]c2ccccc12.Oc1cc2cccccc-2c1. The van der Waals surface area contributed by atoms with E-state index >= 15 is 0 Å². The fraction of sp³-hybridized carbons (Fsp3) is 0.176. The van der Waals surface area contributed by atoms with Crippen molar-refractivity contribution in [3.63, 3.8) is 0 Å². The average Bonchev–Trinajstić information content (AvgIpc) is 1.63. The van der Waals surface area contributed by atoms with Crippen molar-refractivity contribution in [3.05, 3.63) is 253 Å². The molecule has 0 bridgehead atoms. The Morgan fingerprint density at radius 2 is 0.968 bits per heavy atom. The van der Waals surface area contributed by atoms with E-state index in [4.69, 9.17) is 44.8 Å². The molecule has 474 valence electrons. The second-order valence-electron chi connectivity index (χ2n) is 24.2. The topological polar surface area (TPSA) is 272 Å². The van der Waals surface area contributed by atoms with Crippen LogP contribution in [0.25, 0.3) is 55.0 Å². The molecule has 93 heavy (non-hydrogen) atoms. The molecule has 9 aliphatic rings. The highest BCUT2D eigenvalue weighted by Gasteiger charge is 2.53. The number of H-pyrrole nitrogens is 3. The Bertz CT molecular complexity index is 4420. The second-order valence-corrected chi connectivity index (χ2v) is 24.2. The number of aromatic hydroxyl groups is 3. The minimum Gasteiger partial charge on any atom is -0.508 e. The molecular weight excluding hydrogens is 1170 g/mol. The van der Waals surface area contributed by atoms with Crippen LogP contribution in [0.3, 0.4) is 0 Å². The van der Waals surface area contributed by atoms with Crippen LogP contribution in [0.15, 0.2) is 247 Å². The first-order chi connectivity index (χ1) is 44.6. The second kappa shape index (κ2) is 29.1. The van der Waals surface area contributed by atoms with Crippen molar-refractivity contribution in [2.24, 2.45) is 4.99 Å². The minimum absolute atomic E-state index is 0.0699. The summed E-state index contributed by atoms with van der Waals surface area (Å²) in [5.74, 6) is 0.774. The van der Waals surface area contributed by atoms with Crippen molar-refractivity contribution in [3.8, 4) is 39.5 Å². The fourth-order valence-electron chi connectivity index (χ4n) is 10.7. The van der Waals surface area contributed by atoms with Crippen LogP contribution in [0.4, 0.5) is 5.69 Å². The van der Waals surface area contributed by atoms with E-state index in [-0.39, 0.29) is 59.7 Å². The van der Waals surface area contributed by atoms with E-state index in [0.717, 1.165) is 60.5 Å². The van der Waals surface area contributed by atoms with Crippen LogP contribution in [0.1, 0.15) is 77.9 Å². The van der Waals surface area contributed by atoms with Crippen LogP contribution in [0.5, 0.6) is 17.2 Å². The summed E-state index contributed by atoms with van der Waals surface area (Å²) in [6.45, 7) is 16.6. The van der Waals surface area contributed by atoms with E-state index in [1.54, 1.807) is 48.7 Å². The van der Waals surface area contributed by atoms with Gasteiger partial charge in [0.15, 0.2) is 11.5 Å².